The fourth-order valence-corrected chi connectivity index (χ4v) is 4.37. The van der Waals surface area contributed by atoms with Gasteiger partial charge in [-0.3, -0.25) is 14.4 Å². The van der Waals surface area contributed by atoms with Crippen LogP contribution in [0.25, 0.3) is 0 Å². The van der Waals surface area contributed by atoms with Crippen LogP contribution in [0, 0.1) is 5.82 Å². The molecule has 146 valence electrons. The summed E-state index contributed by atoms with van der Waals surface area (Å²) in [6.07, 6.45) is -0.441. The maximum Gasteiger partial charge on any atom is 0.306 e. The topological polar surface area (TPSA) is 95.9 Å². The fourth-order valence-electron chi connectivity index (χ4n) is 3.20. The third kappa shape index (κ3) is 4.98. The second-order valence-corrected chi connectivity index (χ2v) is 7.79. The van der Waals surface area contributed by atoms with E-state index >= 15 is 0 Å². The molecule has 2 amide bonds. The number of carbonyl (C=O) groups excluding carboxylic acids is 2. The standard InChI is InChI=1S/C18H21FN2O5S/c19-13-4-2-1-3-11(13)7-15-17(24)20-14(10-27-15)18(25)21-5-6-26-12(9-21)8-16(22)23/h1-4,12,14-15H,5-10H2,(H,20,24)(H,22,23). The second kappa shape index (κ2) is 8.71. The summed E-state index contributed by atoms with van der Waals surface area (Å²) in [6, 6.07) is 5.67. The number of morpholine rings is 1. The van der Waals surface area contributed by atoms with E-state index in [0.29, 0.717) is 17.9 Å². The van der Waals surface area contributed by atoms with Crippen LogP contribution in [0.5, 0.6) is 0 Å². The van der Waals surface area contributed by atoms with Gasteiger partial charge in [0.05, 0.1) is 24.4 Å². The fraction of sp³-hybridized carbons (Fsp3) is 0.500. The minimum Gasteiger partial charge on any atom is -0.481 e. The maximum absolute atomic E-state index is 13.8. The molecule has 2 fully saturated rings. The van der Waals surface area contributed by atoms with Gasteiger partial charge in [0.15, 0.2) is 0 Å². The summed E-state index contributed by atoms with van der Waals surface area (Å²) >= 11 is 1.34. The molecule has 7 nitrogen and oxygen atoms in total. The highest BCUT2D eigenvalue weighted by atomic mass is 32.2. The highest BCUT2D eigenvalue weighted by Gasteiger charge is 2.36. The van der Waals surface area contributed by atoms with Crippen molar-refractivity contribution in [2.24, 2.45) is 0 Å². The molecule has 0 spiro atoms. The van der Waals surface area contributed by atoms with Crippen LogP contribution in [0.1, 0.15) is 12.0 Å². The third-order valence-corrected chi connectivity index (χ3v) is 5.90. The summed E-state index contributed by atoms with van der Waals surface area (Å²) < 4.78 is 19.2. The molecule has 0 saturated carbocycles. The van der Waals surface area contributed by atoms with Gasteiger partial charge in [0.2, 0.25) is 11.8 Å². The first-order valence-corrected chi connectivity index (χ1v) is 9.76. The molecular weight excluding hydrogens is 375 g/mol. The number of hydrogen-bond donors (Lipinski definition) is 2. The van der Waals surface area contributed by atoms with Gasteiger partial charge in [-0.2, -0.15) is 0 Å². The first-order chi connectivity index (χ1) is 12.9. The number of carbonyl (C=O) groups is 3. The Balaban J connectivity index is 1.55. The van der Waals surface area contributed by atoms with E-state index in [-0.39, 0.29) is 43.6 Å². The van der Waals surface area contributed by atoms with Crippen molar-refractivity contribution in [3.63, 3.8) is 0 Å². The number of carboxylic acid groups (broad SMARTS) is 1. The number of nitrogens with one attached hydrogen (secondary N) is 1. The number of thioether (sulfide) groups is 1. The van der Waals surface area contributed by atoms with Crippen molar-refractivity contribution in [1.82, 2.24) is 10.2 Å². The highest BCUT2D eigenvalue weighted by molar-refractivity contribution is 8.00. The Bertz CT molecular complexity index is 731. The van der Waals surface area contributed by atoms with Crippen LogP contribution in [-0.4, -0.2) is 70.6 Å². The number of benzene rings is 1. The van der Waals surface area contributed by atoms with E-state index in [0.717, 1.165) is 0 Å². The Morgan fingerprint density at radius 1 is 1.37 bits per heavy atom. The van der Waals surface area contributed by atoms with Crippen molar-refractivity contribution in [3.8, 4) is 0 Å². The molecule has 27 heavy (non-hydrogen) atoms. The number of carboxylic acids is 1. The Morgan fingerprint density at radius 3 is 2.85 bits per heavy atom. The predicted molar refractivity (Wildman–Crippen MR) is 96.9 cm³/mol. The van der Waals surface area contributed by atoms with E-state index in [1.165, 1.54) is 17.8 Å². The quantitative estimate of drug-likeness (QED) is 0.760. The normalized spacial score (nSPS) is 25.7. The Morgan fingerprint density at radius 2 is 2.15 bits per heavy atom. The summed E-state index contributed by atoms with van der Waals surface area (Å²) in [5.41, 5.74) is 0.472. The summed E-state index contributed by atoms with van der Waals surface area (Å²) in [6.45, 7) is 0.832. The van der Waals surface area contributed by atoms with Gasteiger partial charge in [0.1, 0.15) is 11.9 Å². The van der Waals surface area contributed by atoms with E-state index in [1.54, 1.807) is 23.1 Å². The van der Waals surface area contributed by atoms with E-state index in [2.05, 4.69) is 5.32 Å². The van der Waals surface area contributed by atoms with Gasteiger partial charge in [-0.25, -0.2) is 4.39 Å². The average molecular weight is 396 g/mol. The van der Waals surface area contributed by atoms with Crippen molar-refractivity contribution < 1.29 is 28.6 Å². The summed E-state index contributed by atoms with van der Waals surface area (Å²) in [4.78, 5) is 37.4. The van der Waals surface area contributed by atoms with Gasteiger partial charge in [0.25, 0.3) is 0 Å². The Hall–Kier alpha value is -2.13. The van der Waals surface area contributed by atoms with Crippen molar-refractivity contribution in [2.75, 3.05) is 25.4 Å². The smallest absolute Gasteiger partial charge is 0.306 e. The summed E-state index contributed by atoms with van der Waals surface area (Å²) in [5.74, 6) is -1.46. The first-order valence-electron chi connectivity index (χ1n) is 8.71. The Kier molecular flexibility index (Phi) is 6.33. The van der Waals surface area contributed by atoms with Gasteiger partial charge >= 0.3 is 5.97 Å². The molecule has 9 heteroatoms. The monoisotopic (exact) mass is 396 g/mol. The molecule has 2 aliphatic rings. The minimum atomic E-state index is -0.980. The summed E-state index contributed by atoms with van der Waals surface area (Å²) in [5, 5.41) is 11.2. The second-order valence-electron chi connectivity index (χ2n) is 6.55. The molecule has 0 radical (unpaired) electrons. The molecule has 3 rings (SSSR count). The largest absolute Gasteiger partial charge is 0.481 e. The molecule has 0 aromatic heterocycles. The summed E-state index contributed by atoms with van der Waals surface area (Å²) in [7, 11) is 0. The first kappa shape index (κ1) is 19.6. The molecule has 2 aliphatic heterocycles. The van der Waals surface area contributed by atoms with Crippen LogP contribution >= 0.6 is 11.8 Å². The lowest BCUT2D eigenvalue weighted by molar-refractivity contribution is -0.148. The number of aliphatic carboxylic acids is 1. The lowest BCUT2D eigenvalue weighted by Gasteiger charge is -2.36. The molecule has 0 aliphatic carbocycles. The Labute approximate surface area is 160 Å². The highest BCUT2D eigenvalue weighted by Crippen LogP contribution is 2.24. The van der Waals surface area contributed by atoms with Gasteiger partial charge in [0, 0.05) is 18.8 Å². The van der Waals surface area contributed by atoms with Crippen molar-refractivity contribution in [1.29, 1.82) is 0 Å². The number of hydrogen-bond acceptors (Lipinski definition) is 5. The van der Waals surface area contributed by atoms with Gasteiger partial charge in [-0.05, 0) is 18.1 Å². The van der Waals surface area contributed by atoms with E-state index in [9.17, 15) is 18.8 Å². The van der Waals surface area contributed by atoms with Crippen molar-refractivity contribution >= 4 is 29.5 Å². The average Bonchev–Trinajstić information content (AvgIpc) is 2.64. The van der Waals surface area contributed by atoms with Gasteiger partial charge in [-0.1, -0.05) is 18.2 Å². The van der Waals surface area contributed by atoms with Crippen LogP contribution in [0.15, 0.2) is 24.3 Å². The van der Waals surface area contributed by atoms with Crippen molar-refractivity contribution in [3.05, 3.63) is 35.6 Å². The number of amides is 2. The number of ether oxygens (including phenoxy) is 1. The lowest BCUT2D eigenvalue weighted by atomic mass is 10.1. The molecule has 3 unspecified atom stereocenters. The molecular formula is C18H21FN2O5S. The van der Waals surface area contributed by atoms with Crippen LogP contribution in [0.2, 0.25) is 0 Å². The zero-order valence-corrected chi connectivity index (χ0v) is 15.4. The minimum absolute atomic E-state index is 0.166. The number of halogens is 1. The van der Waals surface area contributed by atoms with Crippen LogP contribution < -0.4 is 5.32 Å². The van der Waals surface area contributed by atoms with Crippen molar-refractivity contribution in [2.45, 2.75) is 30.2 Å². The van der Waals surface area contributed by atoms with Crippen LogP contribution in [0.3, 0.4) is 0 Å². The van der Waals surface area contributed by atoms with E-state index in [4.69, 9.17) is 9.84 Å². The predicted octanol–water partition coefficient (Wildman–Crippen LogP) is 0.670. The molecule has 2 saturated heterocycles. The molecule has 1 aromatic rings. The zero-order chi connectivity index (χ0) is 19.4. The molecule has 1 aromatic carbocycles. The number of rotatable bonds is 5. The molecule has 0 bridgehead atoms. The zero-order valence-electron chi connectivity index (χ0n) is 14.6. The number of nitrogens with zero attached hydrogens (tertiary/aromatic N) is 1. The molecule has 2 N–H and O–H groups in total. The van der Waals surface area contributed by atoms with E-state index < -0.39 is 23.4 Å². The van der Waals surface area contributed by atoms with Gasteiger partial charge in [-0.15, -0.1) is 11.8 Å². The third-order valence-electron chi connectivity index (χ3n) is 4.59. The van der Waals surface area contributed by atoms with Crippen LogP contribution in [0.4, 0.5) is 4.39 Å². The maximum atomic E-state index is 13.8. The molecule has 2 heterocycles. The molecule has 3 atom stereocenters. The van der Waals surface area contributed by atoms with Crippen LogP contribution in [-0.2, 0) is 25.5 Å². The van der Waals surface area contributed by atoms with Gasteiger partial charge < -0.3 is 20.1 Å². The SMILES string of the molecule is O=C(O)CC1CN(C(=O)C2CSC(Cc3ccccc3F)C(=O)N2)CCO1. The van der Waals surface area contributed by atoms with E-state index in [1.807, 2.05) is 0 Å². The lowest BCUT2D eigenvalue weighted by Crippen LogP contribution is -2.58.